The van der Waals surface area contributed by atoms with Gasteiger partial charge >= 0.3 is 6.09 Å². The third kappa shape index (κ3) is 7.30. The van der Waals surface area contributed by atoms with E-state index in [1.54, 1.807) is 0 Å². The molecule has 0 heterocycles. The summed E-state index contributed by atoms with van der Waals surface area (Å²) in [7, 11) is 0. The Labute approximate surface area is 183 Å². The second-order valence-electron chi connectivity index (χ2n) is 7.51. The number of amides is 2. The molecule has 0 fully saturated rings. The van der Waals surface area contributed by atoms with E-state index in [0.29, 0.717) is 13.0 Å². The Morgan fingerprint density at radius 1 is 0.806 bits per heavy atom. The summed E-state index contributed by atoms with van der Waals surface area (Å²) >= 11 is 0. The molecule has 3 aromatic carbocycles. The summed E-state index contributed by atoms with van der Waals surface area (Å²) in [5.41, 5.74) is 3.00. The number of ether oxygens (including phenoxy) is 1. The Kier molecular flexibility index (Phi) is 8.23. The fourth-order valence-electron chi connectivity index (χ4n) is 3.24. The zero-order valence-electron chi connectivity index (χ0n) is 17.7. The van der Waals surface area contributed by atoms with Gasteiger partial charge in [0.15, 0.2) is 0 Å². The van der Waals surface area contributed by atoms with Crippen LogP contribution in [0.1, 0.15) is 29.5 Å². The van der Waals surface area contributed by atoms with Crippen LogP contribution in [-0.4, -0.2) is 24.6 Å². The van der Waals surface area contributed by atoms with Crippen LogP contribution in [0.2, 0.25) is 0 Å². The molecule has 2 N–H and O–H groups in total. The summed E-state index contributed by atoms with van der Waals surface area (Å²) in [6.45, 7) is 2.69. The van der Waals surface area contributed by atoms with Crippen molar-refractivity contribution in [1.82, 2.24) is 10.6 Å². The Hall–Kier alpha value is -3.60. The van der Waals surface area contributed by atoms with Crippen molar-refractivity contribution < 1.29 is 14.3 Å². The van der Waals surface area contributed by atoms with Crippen LogP contribution in [0.15, 0.2) is 91.0 Å². The lowest BCUT2D eigenvalue weighted by atomic mass is 10.0. The number of benzene rings is 3. The Morgan fingerprint density at radius 2 is 1.35 bits per heavy atom. The first-order chi connectivity index (χ1) is 15.1. The Morgan fingerprint density at radius 3 is 1.97 bits per heavy atom. The highest BCUT2D eigenvalue weighted by Crippen LogP contribution is 2.13. The second kappa shape index (κ2) is 11.6. The first kappa shape index (κ1) is 22.1. The number of hydrogen-bond donors (Lipinski definition) is 2. The van der Waals surface area contributed by atoms with Crippen molar-refractivity contribution in [3.63, 3.8) is 0 Å². The quantitative estimate of drug-likeness (QED) is 0.542. The fraction of sp³-hybridized carbons (Fsp3) is 0.231. The molecule has 0 aromatic heterocycles. The number of alkyl carbamates (subject to hydrolysis) is 1. The maximum Gasteiger partial charge on any atom is 0.408 e. The van der Waals surface area contributed by atoms with E-state index in [9.17, 15) is 9.59 Å². The molecule has 2 amide bonds. The number of carbonyl (C=O) groups is 2. The van der Waals surface area contributed by atoms with Gasteiger partial charge in [-0.2, -0.15) is 0 Å². The van der Waals surface area contributed by atoms with E-state index >= 15 is 0 Å². The van der Waals surface area contributed by atoms with Crippen molar-refractivity contribution in [2.45, 2.75) is 31.9 Å². The van der Waals surface area contributed by atoms with Gasteiger partial charge < -0.3 is 15.4 Å². The van der Waals surface area contributed by atoms with Gasteiger partial charge in [-0.05, 0) is 22.6 Å². The van der Waals surface area contributed by atoms with Gasteiger partial charge in [-0.15, -0.1) is 0 Å². The molecule has 5 nitrogen and oxygen atoms in total. The van der Waals surface area contributed by atoms with Crippen LogP contribution in [-0.2, 0) is 22.6 Å². The van der Waals surface area contributed by atoms with E-state index in [1.807, 2.05) is 91.0 Å². The molecular weight excluding hydrogens is 388 g/mol. The monoisotopic (exact) mass is 416 g/mol. The molecule has 0 aliphatic heterocycles. The summed E-state index contributed by atoms with van der Waals surface area (Å²) in [5.74, 6) is -0.0733. The first-order valence-corrected chi connectivity index (χ1v) is 10.5. The lowest BCUT2D eigenvalue weighted by Crippen LogP contribution is -2.48. The number of rotatable bonds is 9. The second-order valence-corrected chi connectivity index (χ2v) is 7.51. The predicted molar refractivity (Wildman–Crippen MR) is 122 cm³/mol. The molecule has 0 aliphatic carbocycles. The molecule has 31 heavy (non-hydrogen) atoms. The highest BCUT2D eigenvalue weighted by Gasteiger charge is 2.22. The molecule has 0 aliphatic rings. The molecule has 0 saturated carbocycles. The first-order valence-electron chi connectivity index (χ1n) is 10.5. The lowest BCUT2D eigenvalue weighted by molar-refractivity contribution is -0.123. The van der Waals surface area contributed by atoms with E-state index in [-0.39, 0.29) is 18.4 Å². The molecule has 0 radical (unpaired) electrons. The lowest BCUT2D eigenvalue weighted by Gasteiger charge is -2.20. The summed E-state index contributed by atoms with van der Waals surface area (Å²) in [6.07, 6.45) is -0.233. The van der Waals surface area contributed by atoms with Crippen molar-refractivity contribution in [1.29, 1.82) is 0 Å². The predicted octanol–water partition coefficient (Wildman–Crippen LogP) is 4.44. The van der Waals surface area contributed by atoms with Gasteiger partial charge in [-0.25, -0.2) is 4.79 Å². The van der Waals surface area contributed by atoms with Crippen molar-refractivity contribution >= 4 is 12.0 Å². The van der Waals surface area contributed by atoms with Gasteiger partial charge in [0, 0.05) is 13.0 Å². The average Bonchev–Trinajstić information content (AvgIpc) is 2.82. The van der Waals surface area contributed by atoms with E-state index < -0.39 is 12.1 Å². The third-order valence-corrected chi connectivity index (χ3v) is 5.06. The van der Waals surface area contributed by atoms with Gasteiger partial charge in [0.2, 0.25) is 5.91 Å². The van der Waals surface area contributed by atoms with Crippen LogP contribution in [0, 0.1) is 0 Å². The summed E-state index contributed by atoms with van der Waals surface area (Å²) in [4.78, 5) is 25.3. The number of carbonyl (C=O) groups excluding carboxylic acids is 2. The molecule has 2 unspecified atom stereocenters. The molecule has 2 atom stereocenters. The van der Waals surface area contributed by atoms with Gasteiger partial charge in [0.05, 0.1) is 0 Å². The molecule has 5 heteroatoms. The number of hydrogen-bond acceptors (Lipinski definition) is 3. The van der Waals surface area contributed by atoms with Crippen LogP contribution in [0.3, 0.4) is 0 Å². The third-order valence-electron chi connectivity index (χ3n) is 5.06. The molecule has 0 spiro atoms. The van der Waals surface area contributed by atoms with Crippen molar-refractivity contribution in [2.24, 2.45) is 0 Å². The van der Waals surface area contributed by atoms with E-state index in [4.69, 9.17) is 4.74 Å². The van der Waals surface area contributed by atoms with Crippen LogP contribution in [0.4, 0.5) is 4.79 Å². The molecule has 3 aromatic rings. The zero-order valence-corrected chi connectivity index (χ0v) is 17.7. The zero-order chi connectivity index (χ0) is 21.9. The van der Waals surface area contributed by atoms with E-state index in [2.05, 4.69) is 17.6 Å². The largest absolute Gasteiger partial charge is 0.445 e. The van der Waals surface area contributed by atoms with E-state index in [1.165, 1.54) is 0 Å². The highest BCUT2D eigenvalue weighted by atomic mass is 16.5. The van der Waals surface area contributed by atoms with Crippen LogP contribution >= 0.6 is 0 Å². The minimum absolute atomic E-state index is 0.150. The summed E-state index contributed by atoms with van der Waals surface area (Å²) in [5, 5.41) is 5.70. The Balaban J connectivity index is 1.59. The normalized spacial score (nSPS) is 12.4. The molecule has 160 valence electrons. The molecule has 3 rings (SSSR count). The van der Waals surface area contributed by atoms with Crippen LogP contribution in [0.25, 0.3) is 0 Å². The minimum Gasteiger partial charge on any atom is -0.445 e. The minimum atomic E-state index is -0.728. The van der Waals surface area contributed by atoms with Crippen molar-refractivity contribution in [2.75, 3.05) is 6.54 Å². The Bertz CT molecular complexity index is 946. The summed E-state index contributed by atoms with van der Waals surface area (Å²) in [6, 6.07) is 28.3. The highest BCUT2D eigenvalue weighted by molar-refractivity contribution is 5.86. The maximum atomic E-state index is 12.9. The standard InChI is InChI=1S/C26H28N2O3/c1-20(23-15-9-4-10-16-23)18-27-25(29)24(17-21-11-5-2-6-12-21)28-26(30)31-19-22-13-7-3-8-14-22/h2-16,20,24H,17-19H2,1H3,(H,27,29)(H,28,30). The van der Waals surface area contributed by atoms with Gasteiger partial charge in [0.25, 0.3) is 0 Å². The smallest absolute Gasteiger partial charge is 0.408 e. The van der Waals surface area contributed by atoms with Crippen molar-refractivity contribution in [3.05, 3.63) is 108 Å². The number of nitrogens with one attached hydrogen (secondary N) is 2. The summed E-state index contributed by atoms with van der Waals surface area (Å²) < 4.78 is 5.31. The molecule has 0 bridgehead atoms. The topological polar surface area (TPSA) is 67.4 Å². The van der Waals surface area contributed by atoms with Crippen LogP contribution in [0.5, 0.6) is 0 Å². The molecular formula is C26H28N2O3. The fourth-order valence-corrected chi connectivity index (χ4v) is 3.24. The maximum absolute atomic E-state index is 12.9. The molecule has 0 saturated heterocycles. The van der Waals surface area contributed by atoms with Crippen LogP contribution < -0.4 is 10.6 Å². The van der Waals surface area contributed by atoms with Gasteiger partial charge in [-0.1, -0.05) is 97.9 Å². The average molecular weight is 417 g/mol. The SMILES string of the molecule is CC(CNC(=O)C(Cc1ccccc1)NC(=O)OCc1ccccc1)c1ccccc1. The van der Waals surface area contributed by atoms with Crippen molar-refractivity contribution in [3.8, 4) is 0 Å². The van der Waals surface area contributed by atoms with Gasteiger partial charge in [-0.3, -0.25) is 4.79 Å². The van der Waals surface area contributed by atoms with Gasteiger partial charge in [0.1, 0.15) is 12.6 Å². The van der Waals surface area contributed by atoms with E-state index in [0.717, 1.165) is 16.7 Å².